The molecule has 1 heterocycles. The average Bonchev–Trinajstić information content (AvgIpc) is 2.79. The summed E-state index contributed by atoms with van der Waals surface area (Å²) in [4.78, 5) is 31.2. The molecule has 190 valence electrons. The molecule has 1 saturated carbocycles. The first-order valence-electron chi connectivity index (χ1n) is 13.6. The van der Waals surface area contributed by atoms with E-state index in [0.29, 0.717) is 17.7 Å². The molecule has 2 aliphatic rings. The predicted octanol–water partition coefficient (Wildman–Crippen LogP) is 6.46. The number of carbonyl (C=O) groups is 2. The van der Waals surface area contributed by atoms with Crippen molar-refractivity contribution < 1.29 is 14.3 Å². The first-order valence-corrected chi connectivity index (χ1v) is 13.6. The number of amides is 2. The Morgan fingerprint density at radius 2 is 1.65 bits per heavy atom. The summed E-state index contributed by atoms with van der Waals surface area (Å²) in [5.74, 6) is 0.986. The van der Waals surface area contributed by atoms with Gasteiger partial charge in [-0.25, -0.2) is 0 Å². The van der Waals surface area contributed by atoms with Crippen LogP contribution in [0, 0.1) is 5.41 Å². The van der Waals surface area contributed by atoms with Crippen LogP contribution in [0.1, 0.15) is 109 Å². The number of fused-ring (bicyclic) bond motifs is 2. The molecule has 0 spiro atoms. The molecule has 1 aliphatic heterocycles. The average molecular weight is 471 g/mol. The van der Waals surface area contributed by atoms with Crippen LogP contribution in [0.15, 0.2) is 24.3 Å². The minimum absolute atomic E-state index is 0.0408. The Kier molecular flexibility index (Phi) is 9.85. The van der Waals surface area contributed by atoms with Crippen molar-refractivity contribution in [1.29, 1.82) is 0 Å². The lowest BCUT2D eigenvalue weighted by Crippen LogP contribution is -2.51. The Balaban J connectivity index is 1.92. The monoisotopic (exact) mass is 470 g/mol. The van der Waals surface area contributed by atoms with Gasteiger partial charge in [-0.1, -0.05) is 65.5 Å². The molecule has 3 rings (SSSR count). The van der Waals surface area contributed by atoms with E-state index in [1.54, 1.807) is 0 Å². The van der Waals surface area contributed by atoms with Crippen molar-refractivity contribution in [3.63, 3.8) is 0 Å². The smallest absolute Gasteiger partial charge is 0.257 e. The van der Waals surface area contributed by atoms with E-state index in [2.05, 4.69) is 32.6 Å². The normalized spacial score (nSPS) is 23.2. The van der Waals surface area contributed by atoms with Crippen LogP contribution in [-0.2, 0) is 4.79 Å². The SMILES string of the molecule is CCCN1CCCCCCCN(C(=O)CC(C)(C)C)[C@@H]2CCCC[C@@H]2Oc2ccccc2C1=O. The van der Waals surface area contributed by atoms with Crippen LogP contribution < -0.4 is 4.74 Å². The van der Waals surface area contributed by atoms with Gasteiger partial charge in [0, 0.05) is 26.1 Å². The van der Waals surface area contributed by atoms with Crippen LogP contribution in [0.3, 0.4) is 0 Å². The number of rotatable bonds is 3. The molecule has 0 aromatic heterocycles. The van der Waals surface area contributed by atoms with Crippen LogP contribution in [0.25, 0.3) is 0 Å². The summed E-state index contributed by atoms with van der Waals surface area (Å²) in [5.41, 5.74) is 0.614. The van der Waals surface area contributed by atoms with Gasteiger partial charge in [0.1, 0.15) is 11.9 Å². The lowest BCUT2D eigenvalue weighted by atomic mass is 9.88. The summed E-state index contributed by atoms with van der Waals surface area (Å²) in [6.45, 7) is 10.9. The minimum atomic E-state index is -0.0728. The maximum Gasteiger partial charge on any atom is 0.257 e. The lowest BCUT2D eigenvalue weighted by Gasteiger charge is -2.41. The summed E-state index contributed by atoms with van der Waals surface area (Å²) >= 11 is 0. The molecule has 34 heavy (non-hydrogen) atoms. The zero-order chi connectivity index (χ0) is 24.6. The van der Waals surface area contributed by atoms with Crippen LogP contribution in [-0.4, -0.2) is 53.4 Å². The van der Waals surface area contributed by atoms with E-state index in [0.717, 1.165) is 83.8 Å². The van der Waals surface area contributed by atoms with Gasteiger partial charge in [-0.2, -0.15) is 0 Å². The third-order valence-corrected chi connectivity index (χ3v) is 7.07. The molecule has 1 aromatic rings. The molecular weight excluding hydrogens is 424 g/mol. The van der Waals surface area contributed by atoms with E-state index < -0.39 is 0 Å². The maximum atomic E-state index is 13.5. The van der Waals surface area contributed by atoms with Crippen molar-refractivity contribution in [3.8, 4) is 5.75 Å². The second-order valence-corrected chi connectivity index (χ2v) is 11.4. The Morgan fingerprint density at radius 3 is 2.38 bits per heavy atom. The number of benzene rings is 1. The zero-order valence-corrected chi connectivity index (χ0v) is 22.0. The number of carbonyl (C=O) groups excluding carboxylic acids is 2. The lowest BCUT2D eigenvalue weighted by molar-refractivity contribution is -0.138. The van der Waals surface area contributed by atoms with Crippen molar-refractivity contribution in [2.24, 2.45) is 5.41 Å². The van der Waals surface area contributed by atoms with Gasteiger partial charge in [0.15, 0.2) is 0 Å². The number of ether oxygens (including phenoxy) is 1. The van der Waals surface area contributed by atoms with Gasteiger partial charge < -0.3 is 14.5 Å². The number of hydrogen-bond acceptors (Lipinski definition) is 3. The standard InChI is InChI=1S/C29H46N2O3/c1-5-19-30-20-13-7-6-8-14-21-31(27(32)22-29(2,3)4)24-16-10-12-18-26(24)34-25-17-11-9-15-23(25)28(30)33/h9,11,15,17,24,26H,5-8,10,12-14,16,18-22H2,1-4H3/t24-,26+/m1/s1. The quantitative estimate of drug-likeness (QED) is 0.509. The molecule has 0 radical (unpaired) electrons. The summed E-state index contributed by atoms with van der Waals surface area (Å²) in [6.07, 6.45) is 11.0. The highest BCUT2D eigenvalue weighted by molar-refractivity contribution is 5.97. The zero-order valence-electron chi connectivity index (χ0n) is 22.0. The van der Waals surface area contributed by atoms with Crippen LogP contribution in [0.4, 0.5) is 0 Å². The van der Waals surface area contributed by atoms with Gasteiger partial charge in [0.05, 0.1) is 11.6 Å². The highest BCUT2D eigenvalue weighted by Crippen LogP contribution is 2.32. The van der Waals surface area contributed by atoms with Gasteiger partial charge >= 0.3 is 0 Å². The minimum Gasteiger partial charge on any atom is -0.487 e. The fourth-order valence-electron chi connectivity index (χ4n) is 5.38. The van der Waals surface area contributed by atoms with Gasteiger partial charge in [-0.05, 0) is 56.1 Å². The number of hydrogen-bond donors (Lipinski definition) is 0. The molecule has 1 fully saturated rings. The fraction of sp³-hybridized carbons (Fsp3) is 0.724. The van der Waals surface area contributed by atoms with E-state index in [9.17, 15) is 9.59 Å². The topological polar surface area (TPSA) is 49.9 Å². The van der Waals surface area contributed by atoms with E-state index in [1.807, 2.05) is 29.2 Å². The Hall–Kier alpha value is -2.04. The molecule has 5 nitrogen and oxygen atoms in total. The van der Waals surface area contributed by atoms with Crippen LogP contribution in [0.5, 0.6) is 5.75 Å². The van der Waals surface area contributed by atoms with Crippen LogP contribution >= 0.6 is 0 Å². The maximum absolute atomic E-state index is 13.5. The summed E-state index contributed by atoms with van der Waals surface area (Å²) in [6, 6.07) is 7.78. The second kappa shape index (κ2) is 12.6. The van der Waals surface area contributed by atoms with Gasteiger partial charge in [0.2, 0.25) is 5.91 Å². The van der Waals surface area contributed by atoms with Crippen LogP contribution in [0.2, 0.25) is 0 Å². The molecule has 5 heteroatoms. The highest BCUT2D eigenvalue weighted by atomic mass is 16.5. The third kappa shape index (κ3) is 7.48. The molecule has 2 atom stereocenters. The number of para-hydroxylation sites is 1. The third-order valence-electron chi connectivity index (χ3n) is 7.07. The predicted molar refractivity (Wildman–Crippen MR) is 138 cm³/mol. The molecule has 2 amide bonds. The first kappa shape index (κ1) is 26.6. The van der Waals surface area contributed by atoms with Crippen molar-refractivity contribution in [1.82, 2.24) is 9.80 Å². The Morgan fingerprint density at radius 1 is 0.971 bits per heavy atom. The van der Waals surface area contributed by atoms with Crippen molar-refractivity contribution in [2.75, 3.05) is 19.6 Å². The molecule has 0 N–H and O–H groups in total. The van der Waals surface area contributed by atoms with E-state index >= 15 is 0 Å². The molecule has 0 saturated heterocycles. The van der Waals surface area contributed by atoms with E-state index in [1.165, 1.54) is 0 Å². The molecule has 0 unspecified atom stereocenters. The molecule has 0 bridgehead atoms. The van der Waals surface area contributed by atoms with Crippen molar-refractivity contribution >= 4 is 11.8 Å². The fourth-order valence-corrected chi connectivity index (χ4v) is 5.38. The van der Waals surface area contributed by atoms with Crippen molar-refractivity contribution in [2.45, 2.75) is 110 Å². The van der Waals surface area contributed by atoms with Crippen molar-refractivity contribution in [3.05, 3.63) is 29.8 Å². The van der Waals surface area contributed by atoms with E-state index in [-0.39, 0.29) is 29.4 Å². The van der Waals surface area contributed by atoms with E-state index in [4.69, 9.17) is 4.74 Å². The molecular formula is C29H46N2O3. The second-order valence-electron chi connectivity index (χ2n) is 11.4. The number of nitrogens with zero attached hydrogens (tertiary/aromatic N) is 2. The summed E-state index contributed by atoms with van der Waals surface area (Å²) in [5, 5.41) is 0. The summed E-state index contributed by atoms with van der Waals surface area (Å²) < 4.78 is 6.64. The molecule has 1 aliphatic carbocycles. The molecule has 1 aromatic carbocycles. The van der Waals surface area contributed by atoms with Gasteiger partial charge in [0.25, 0.3) is 5.91 Å². The van der Waals surface area contributed by atoms with Gasteiger partial charge in [-0.15, -0.1) is 0 Å². The van der Waals surface area contributed by atoms with Gasteiger partial charge in [-0.3, -0.25) is 9.59 Å². The Labute approximate surface area is 207 Å². The summed E-state index contributed by atoms with van der Waals surface area (Å²) in [7, 11) is 0. The highest BCUT2D eigenvalue weighted by Gasteiger charge is 2.36. The Bertz CT molecular complexity index is 801. The first-order chi connectivity index (χ1) is 16.3. The largest absolute Gasteiger partial charge is 0.487 e.